The van der Waals surface area contributed by atoms with Crippen molar-refractivity contribution in [3.8, 4) is 44.8 Å². The summed E-state index contributed by atoms with van der Waals surface area (Å²) in [5, 5.41) is 4.48. The average Bonchev–Trinajstić information content (AvgIpc) is 3.75. The highest BCUT2D eigenvalue weighted by atomic mass is 15.0. The molecule has 0 bridgehead atoms. The van der Waals surface area contributed by atoms with Gasteiger partial charge < -0.3 is 9.13 Å². The van der Waals surface area contributed by atoms with Crippen molar-refractivity contribution in [3.05, 3.63) is 205 Å². The molecule has 0 aliphatic rings. The summed E-state index contributed by atoms with van der Waals surface area (Å²) >= 11 is 0. The van der Waals surface area contributed by atoms with Crippen LogP contribution < -0.4 is 0 Å². The van der Waals surface area contributed by atoms with Gasteiger partial charge in [0.15, 0.2) is 5.69 Å². The first kappa shape index (κ1) is 31.1. The minimum absolute atomic E-state index is 0.350. The van der Waals surface area contributed by atoms with Gasteiger partial charge >= 0.3 is 0 Å². The van der Waals surface area contributed by atoms with Crippen molar-refractivity contribution in [1.29, 1.82) is 0 Å². The normalized spacial score (nSPS) is 11.3. The average molecular weight is 687 g/mol. The zero-order valence-electron chi connectivity index (χ0n) is 29.1. The SMILES string of the molecule is [C-]#[N+]c1cccc(-c2cc3c4ccccc4n(-c4ccccc4)c3cc2-n2c3ccc(-c4ccccc4)cc3c3cc(-c4ccccc4)ccc32)c1[N+]#[C-]. The molecule has 0 fully saturated rings. The van der Waals surface area contributed by atoms with Gasteiger partial charge in [0.05, 0.1) is 40.9 Å². The van der Waals surface area contributed by atoms with E-state index < -0.39 is 0 Å². The molecule has 250 valence electrons. The van der Waals surface area contributed by atoms with E-state index in [1.807, 2.05) is 30.3 Å². The van der Waals surface area contributed by atoms with Gasteiger partial charge in [0.1, 0.15) is 0 Å². The Labute approximate surface area is 312 Å². The molecule has 4 nitrogen and oxygen atoms in total. The summed E-state index contributed by atoms with van der Waals surface area (Å²) in [5.74, 6) is 0. The minimum atomic E-state index is 0.350. The summed E-state index contributed by atoms with van der Waals surface area (Å²) in [7, 11) is 0. The second-order valence-electron chi connectivity index (χ2n) is 13.5. The third kappa shape index (κ3) is 4.83. The topological polar surface area (TPSA) is 18.6 Å². The monoisotopic (exact) mass is 686 g/mol. The maximum atomic E-state index is 8.28. The first-order valence-electron chi connectivity index (χ1n) is 17.9. The van der Waals surface area contributed by atoms with E-state index in [2.05, 4.69) is 164 Å². The van der Waals surface area contributed by atoms with Gasteiger partial charge in [-0.1, -0.05) is 127 Å². The quantitative estimate of drug-likeness (QED) is 0.161. The summed E-state index contributed by atoms with van der Waals surface area (Å²) in [6.07, 6.45) is 0. The smallest absolute Gasteiger partial charge is 0.202 e. The number of fused-ring (bicyclic) bond motifs is 6. The fraction of sp³-hybridized carbons (Fsp3) is 0. The summed E-state index contributed by atoms with van der Waals surface area (Å²) < 4.78 is 4.69. The largest absolute Gasteiger partial charge is 0.309 e. The summed E-state index contributed by atoms with van der Waals surface area (Å²) in [6.45, 7) is 16.2. The number of nitrogens with zero attached hydrogens (tertiary/aromatic N) is 4. The van der Waals surface area contributed by atoms with E-state index in [1.165, 1.54) is 0 Å². The fourth-order valence-corrected chi connectivity index (χ4v) is 8.12. The number of hydrogen-bond acceptors (Lipinski definition) is 0. The third-order valence-corrected chi connectivity index (χ3v) is 10.6. The van der Waals surface area contributed by atoms with Crippen molar-refractivity contribution in [2.24, 2.45) is 0 Å². The van der Waals surface area contributed by atoms with E-state index in [0.29, 0.717) is 11.4 Å². The maximum absolute atomic E-state index is 8.28. The Bertz CT molecular complexity index is 3060. The van der Waals surface area contributed by atoms with Crippen LogP contribution in [0.5, 0.6) is 0 Å². The standard InChI is InChI=1S/C50H30N4/c1-51-44-23-14-22-39(50(44)52-2)43-31-42-38-21-12-13-24-45(38)53(37-19-10-5-11-20-37)48(42)32-49(43)54-46-27-25-35(33-15-6-3-7-16-33)29-40(46)41-30-36(26-28-47(41)54)34-17-8-4-9-18-34/h3-32H. The maximum Gasteiger partial charge on any atom is 0.202 e. The summed E-state index contributed by atoms with van der Waals surface area (Å²) in [6, 6.07) is 63.6. The first-order chi connectivity index (χ1) is 26.7. The van der Waals surface area contributed by atoms with Gasteiger partial charge in [-0.2, -0.15) is 0 Å². The number of hydrogen-bond donors (Lipinski definition) is 0. The number of rotatable bonds is 5. The lowest BCUT2D eigenvalue weighted by atomic mass is 9.97. The minimum Gasteiger partial charge on any atom is -0.309 e. The molecule has 0 spiro atoms. The number of para-hydroxylation sites is 3. The molecular formula is C50H30N4. The van der Waals surface area contributed by atoms with Crippen LogP contribution in [0.4, 0.5) is 11.4 Å². The van der Waals surface area contributed by atoms with Crippen LogP contribution in [0.3, 0.4) is 0 Å². The molecule has 4 heteroatoms. The zero-order valence-corrected chi connectivity index (χ0v) is 29.1. The highest BCUT2D eigenvalue weighted by Crippen LogP contribution is 2.46. The molecule has 10 aromatic rings. The number of benzene rings is 8. The van der Waals surface area contributed by atoms with Crippen molar-refractivity contribution < 1.29 is 0 Å². The Balaban J connectivity index is 1.37. The molecule has 0 aliphatic carbocycles. The molecule has 0 N–H and O–H groups in total. The number of aromatic nitrogens is 2. The van der Waals surface area contributed by atoms with Crippen molar-refractivity contribution in [2.75, 3.05) is 0 Å². The third-order valence-electron chi connectivity index (χ3n) is 10.6. The molecule has 10 rings (SSSR count). The molecule has 0 saturated heterocycles. The van der Waals surface area contributed by atoms with E-state index >= 15 is 0 Å². The van der Waals surface area contributed by atoms with Crippen LogP contribution in [0.1, 0.15) is 0 Å². The molecule has 0 radical (unpaired) electrons. The van der Waals surface area contributed by atoms with Crippen LogP contribution in [0.25, 0.3) is 98.1 Å². The molecule has 0 unspecified atom stereocenters. The van der Waals surface area contributed by atoms with Crippen LogP contribution in [0.15, 0.2) is 182 Å². The van der Waals surface area contributed by atoms with Crippen molar-refractivity contribution in [2.45, 2.75) is 0 Å². The van der Waals surface area contributed by atoms with Gasteiger partial charge in [-0.25, -0.2) is 4.85 Å². The van der Waals surface area contributed by atoms with Crippen LogP contribution in [0, 0.1) is 13.1 Å². The lowest BCUT2D eigenvalue weighted by Crippen LogP contribution is -2.00. The van der Waals surface area contributed by atoms with Crippen LogP contribution >= 0.6 is 0 Å². The summed E-state index contributed by atoms with van der Waals surface area (Å²) in [5.41, 5.74) is 13.2. The van der Waals surface area contributed by atoms with E-state index in [9.17, 15) is 0 Å². The molecule has 8 aromatic carbocycles. The van der Waals surface area contributed by atoms with E-state index in [-0.39, 0.29) is 0 Å². The zero-order chi connectivity index (χ0) is 36.2. The predicted molar refractivity (Wildman–Crippen MR) is 224 cm³/mol. The lowest BCUT2D eigenvalue weighted by molar-refractivity contribution is 1.16. The first-order valence-corrected chi connectivity index (χ1v) is 17.9. The molecule has 54 heavy (non-hydrogen) atoms. The Morgan fingerprint density at radius 3 is 1.52 bits per heavy atom. The van der Waals surface area contributed by atoms with Gasteiger partial charge in [-0.05, 0) is 88.0 Å². The highest BCUT2D eigenvalue weighted by Gasteiger charge is 2.23. The van der Waals surface area contributed by atoms with Crippen LogP contribution in [-0.2, 0) is 0 Å². The van der Waals surface area contributed by atoms with Gasteiger partial charge in [-0.15, -0.1) is 0 Å². The molecule has 0 aliphatic heterocycles. The highest BCUT2D eigenvalue weighted by molar-refractivity contribution is 6.15. The van der Waals surface area contributed by atoms with Crippen LogP contribution in [0.2, 0.25) is 0 Å². The van der Waals surface area contributed by atoms with Gasteiger partial charge in [-0.3, -0.25) is 4.85 Å². The fourth-order valence-electron chi connectivity index (χ4n) is 8.12. The Kier molecular flexibility index (Phi) is 7.22. The second-order valence-corrected chi connectivity index (χ2v) is 13.5. The molecule has 2 heterocycles. The van der Waals surface area contributed by atoms with Gasteiger partial charge in [0, 0.05) is 27.2 Å². The van der Waals surface area contributed by atoms with Crippen molar-refractivity contribution in [3.63, 3.8) is 0 Å². The molecule has 0 amide bonds. The Hall–Kier alpha value is -7.66. The van der Waals surface area contributed by atoms with E-state index in [4.69, 9.17) is 13.1 Å². The van der Waals surface area contributed by atoms with Gasteiger partial charge in [0.2, 0.25) is 5.69 Å². The van der Waals surface area contributed by atoms with Crippen LogP contribution in [-0.4, -0.2) is 9.13 Å². The molecule has 0 atom stereocenters. The predicted octanol–water partition coefficient (Wildman–Crippen LogP) is 14.0. The Morgan fingerprint density at radius 2 is 0.907 bits per heavy atom. The summed E-state index contributed by atoms with van der Waals surface area (Å²) in [4.78, 5) is 7.75. The lowest BCUT2D eigenvalue weighted by Gasteiger charge is -2.18. The van der Waals surface area contributed by atoms with Gasteiger partial charge in [0.25, 0.3) is 0 Å². The van der Waals surface area contributed by atoms with Crippen molar-refractivity contribution >= 4 is 55.0 Å². The molecule has 0 saturated carbocycles. The van der Waals surface area contributed by atoms with E-state index in [0.717, 1.165) is 88.4 Å². The second kappa shape index (κ2) is 12.5. The van der Waals surface area contributed by atoms with Crippen molar-refractivity contribution in [1.82, 2.24) is 9.13 Å². The van der Waals surface area contributed by atoms with E-state index in [1.54, 1.807) is 6.07 Å². The Morgan fingerprint density at radius 1 is 0.352 bits per heavy atom. The molecular weight excluding hydrogens is 657 g/mol. The molecule has 2 aromatic heterocycles.